The second-order valence-corrected chi connectivity index (χ2v) is 7.70. The Labute approximate surface area is 139 Å². The van der Waals surface area contributed by atoms with Crippen LogP contribution in [0.4, 0.5) is 5.95 Å². The number of nitrogens with one attached hydrogen (secondary N) is 2. The van der Waals surface area contributed by atoms with E-state index in [1.54, 1.807) is 18.7 Å². The lowest BCUT2D eigenvalue weighted by Gasteiger charge is -2.39. The summed E-state index contributed by atoms with van der Waals surface area (Å²) >= 11 is 0. The van der Waals surface area contributed by atoms with Gasteiger partial charge in [0.2, 0.25) is 16.0 Å². The van der Waals surface area contributed by atoms with Gasteiger partial charge in [-0.25, -0.2) is 18.1 Å². The van der Waals surface area contributed by atoms with Gasteiger partial charge >= 0.3 is 0 Å². The summed E-state index contributed by atoms with van der Waals surface area (Å²) in [5.74, 6) is 0.768. The Hall–Kier alpha value is -2.39. The van der Waals surface area contributed by atoms with E-state index in [0.29, 0.717) is 18.8 Å². The highest BCUT2D eigenvalue weighted by atomic mass is 32.2. The molecule has 3 heterocycles. The molecule has 0 radical (unpaired) electrons. The minimum absolute atomic E-state index is 0.136. The summed E-state index contributed by atoms with van der Waals surface area (Å²) in [6, 6.07) is 7.67. The number of benzene rings is 1. The van der Waals surface area contributed by atoms with Gasteiger partial charge in [0.05, 0.1) is 29.0 Å². The molecular formula is C15H18N6O2S. The van der Waals surface area contributed by atoms with Crippen LogP contribution in [0.2, 0.25) is 0 Å². The quantitative estimate of drug-likeness (QED) is 0.727. The maximum Gasteiger partial charge on any atom is 0.244 e. The lowest BCUT2D eigenvalue weighted by molar-refractivity contribution is 0.463. The van der Waals surface area contributed by atoms with Crippen molar-refractivity contribution in [2.45, 2.75) is 17.9 Å². The van der Waals surface area contributed by atoms with Gasteiger partial charge < -0.3 is 9.88 Å². The van der Waals surface area contributed by atoms with Crippen LogP contribution in [0, 0.1) is 6.92 Å². The van der Waals surface area contributed by atoms with Crippen molar-refractivity contribution < 1.29 is 8.42 Å². The Morgan fingerprint density at radius 3 is 2.71 bits per heavy atom. The summed E-state index contributed by atoms with van der Waals surface area (Å²) in [4.78, 5) is 10.0. The van der Waals surface area contributed by atoms with Crippen molar-refractivity contribution in [2.24, 2.45) is 7.05 Å². The SMILES string of the molecule is Cc1c(S(=O)(=O)NC2CN(c3nc4ccccc4[nH]3)C2)cnn1C. The number of aryl methyl sites for hydroxylation is 1. The number of H-pyrrole nitrogens is 1. The highest BCUT2D eigenvalue weighted by Crippen LogP contribution is 2.22. The lowest BCUT2D eigenvalue weighted by Crippen LogP contribution is -2.59. The zero-order valence-electron chi connectivity index (χ0n) is 13.4. The molecule has 24 heavy (non-hydrogen) atoms. The Kier molecular flexibility index (Phi) is 3.36. The number of anilines is 1. The summed E-state index contributed by atoms with van der Waals surface area (Å²) in [6.07, 6.45) is 1.38. The minimum Gasteiger partial charge on any atom is -0.339 e. The number of fused-ring (bicyclic) bond motifs is 1. The third kappa shape index (κ3) is 2.45. The first-order valence-corrected chi connectivity index (χ1v) is 9.13. The Morgan fingerprint density at radius 1 is 1.29 bits per heavy atom. The molecule has 0 spiro atoms. The lowest BCUT2D eigenvalue weighted by atomic mass is 10.1. The molecule has 0 bridgehead atoms. The molecule has 3 aromatic rings. The van der Waals surface area contributed by atoms with E-state index in [9.17, 15) is 8.42 Å². The van der Waals surface area contributed by atoms with Crippen molar-refractivity contribution >= 4 is 27.0 Å². The van der Waals surface area contributed by atoms with Crippen LogP contribution >= 0.6 is 0 Å². The molecule has 8 nitrogen and oxygen atoms in total. The second kappa shape index (κ2) is 5.32. The van der Waals surface area contributed by atoms with E-state index in [0.717, 1.165) is 17.0 Å². The van der Waals surface area contributed by atoms with Gasteiger partial charge in [-0.2, -0.15) is 5.10 Å². The molecule has 9 heteroatoms. The fourth-order valence-corrected chi connectivity index (χ4v) is 4.26. The van der Waals surface area contributed by atoms with Gasteiger partial charge in [0.25, 0.3) is 0 Å². The Morgan fingerprint density at radius 2 is 2.04 bits per heavy atom. The topological polar surface area (TPSA) is 95.9 Å². The first kappa shape index (κ1) is 15.2. The highest BCUT2D eigenvalue weighted by molar-refractivity contribution is 7.89. The van der Waals surface area contributed by atoms with E-state index in [4.69, 9.17) is 0 Å². The molecule has 1 aliphatic rings. The first-order valence-electron chi connectivity index (χ1n) is 7.65. The zero-order chi connectivity index (χ0) is 16.9. The van der Waals surface area contributed by atoms with Gasteiger partial charge in [-0.15, -0.1) is 0 Å². The van der Waals surface area contributed by atoms with Crippen LogP contribution in [-0.4, -0.2) is 47.3 Å². The molecule has 1 aromatic carbocycles. The third-order valence-corrected chi connectivity index (χ3v) is 5.98. The molecule has 4 rings (SSSR count). The monoisotopic (exact) mass is 346 g/mol. The first-order chi connectivity index (χ1) is 11.4. The second-order valence-electron chi connectivity index (χ2n) is 6.02. The normalized spacial score (nSPS) is 15.8. The summed E-state index contributed by atoms with van der Waals surface area (Å²) in [7, 11) is -1.83. The van der Waals surface area contributed by atoms with Crippen molar-refractivity contribution in [3.63, 3.8) is 0 Å². The number of imidazole rings is 1. The average molecular weight is 346 g/mol. The van der Waals surface area contributed by atoms with E-state index in [1.165, 1.54) is 6.20 Å². The smallest absolute Gasteiger partial charge is 0.244 e. The Balaban J connectivity index is 1.45. The molecule has 0 amide bonds. The Bertz CT molecular complexity index is 967. The van der Waals surface area contributed by atoms with E-state index < -0.39 is 10.0 Å². The fraction of sp³-hybridized carbons (Fsp3) is 0.333. The third-order valence-electron chi connectivity index (χ3n) is 4.36. The van der Waals surface area contributed by atoms with Crippen LogP contribution in [0.25, 0.3) is 11.0 Å². The van der Waals surface area contributed by atoms with Gasteiger partial charge in [-0.05, 0) is 19.1 Å². The summed E-state index contributed by atoms with van der Waals surface area (Å²) in [5, 5.41) is 3.99. The van der Waals surface area contributed by atoms with Gasteiger partial charge in [0.15, 0.2) is 0 Å². The predicted molar refractivity (Wildman–Crippen MR) is 90.4 cm³/mol. The van der Waals surface area contributed by atoms with Gasteiger partial charge in [-0.1, -0.05) is 12.1 Å². The largest absolute Gasteiger partial charge is 0.339 e. The van der Waals surface area contributed by atoms with Gasteiger partial charge in [0.1, 0.15) is 4.90 Å². The molecule has 1 saturated heterocycles. The molecule has 2 aromatic heterocycles. The van der Waals surface area contributed by atoms with Gasteiger partial charge in [0, 0.05) is 20.1 Å². The standard InChI is InChI=1S/C15H18N6O2S/c1-10-14(7-16-20(10)2)24(22,23)19-11-8-21(9-11)15-17-12-5-3-4-6-13(12)18-15/h3-7,11,19H,8-9H2,1-2H3,(H,17,18). The van der Waals surface area contributed by atoms with Crippen molar-refractivity contribution in [2.75, 3.05) is 18.0 Å². The minimum atomic E-state index is -3.55. The maximum atomic E-state index is 12.4. The summed E-state index contributed by atoms with van der Waals surface area (Å²) in [6.45, 7) is 2.90. The molecule has 0 atom stereocenters. The van der Waals surface area contributed by atoms with Crippen molar-refractivity contribution in [1.82, 2.24) is 24.5 Å². The van der Waals surface area contributed by atoms with Gasteiger partial charge in [-0.3, -0.25) is 4.68 Å². The van der Waals surface area contributed by atoms with Crippen LogP contribution < -0.4 is 9.62 Å². The molecular weight excluding hydrogens is 328 g/mol. The molecule has 1 fully saturated rings. The predicted octanol–water partition coefficient (Wildman–Crippen LogP) is 0.772. The fourth-order valence-electron chi connectivity index (χ4n) is 2.84. The van der Waals surface area contributed by atoms with Crippen LogP contribution in [0.1, 0.15) is 5.69 Å². The van der Waals surface area contributed by atoms with Crippen LogP contribution in [0.15, 0.2) is 35.4 Å². The summed E-state index contributed by atoms with van der Waals surface area (Å²) in [5.41, 5.74) is 2.50. The van der Waals surface area contributed by atoms with E-state index in [2.05, 4.69) is 19.8 Å². The molecule has 0 unspecified atom stereocenters. The number of para-hydroxylation sites is 2. The van der Waals surface area contributed by atoms with Crippen molar-refractivity contribution in [3.8, 4) is 0 Å². The molecule has 1 aliphatic heterocycles. The highest BCUT2D eigenvalue weighted by Gasteiger charge is 2.33. The van der Waals surface area contributed by atoms with Crippen LogP contribution in [0.5, 0.6) is 0 Å². The number of aromatic amines is 1. The van der Waals surface area contributed by atoms with Crippen LogP contribution in [0.3, 0.4) is 0 Å². The van der Waals surface area contributed by atoms with E-state index in [1.807, 2.05) is 29.2 Å². The number of aromatic nitrogens is 4. The number of nitrogens with zero attached hydrogens (tertiary/aromatic N) is 4. The van der Waals surface area contributed by atoms with E-state index >= 15 is 0 Å². The van der Waals surface area contributed by atoms with Crippen LogP contribution in [-0.2, 0) is 17.1 Å². The maximum absolute atomic E-state index is 12.4. The molecule has 0 aliphatic carbocycles. The number of rotatable bonds is 4. The molecule has 0 saturated carbocycles. The zero-order valence-corrected chi connectivity index (χ0v) is 14.2. The van der Waals surface area contributed by atoms with Crippen molar-refractivity contribution in [3.05, 3.63) is 36.2 Å². The number of sulfonamides is 1. The number of hydrogen-bond donors (Lipinski definition) is 2. The number of hydrogen-bond acceptors (Lipinski definition) is 5. The van der Waals surface area contributed by atoms with Crippen molar-refractivity contribution in [1.29, 1.82) is 0 Å². The summed E-state index contributed by atoms with van der Waals surface area (Å²) < 4.78 is 29.2. The average Bonchev–Trinajstić information content (AvgIpc) is 3.07. The molecule has 2 N–H and O–H groups in total. The van der Waals surface area contributed by atoms with E-state index in [-0.39, 0.29) is 10.9 Å². The molecule has 126 valence electrons.